The molecular weight excluding hydrogens is 272 g/mol. The van der Waals surface area contributed by atoms with Gasteiger partial charge in [0, 0.05) is 4.88 Å². The molecule has 104 valence electrons. The van der Waals surface area contributed by atoms with Crippen molar-refractivity contribution in [2.24, 2.45) is 5.10 Å². The summed E-state index contributed by atoms with van der Waals surface area (Å²) in [6.07, 6.45) is 1.61. The molecule has 20 heavy (non-hydrogen) atoms. The molecule has 0 atom stereocenters. The molecule has 4 nitrogen and oxygen atoms in total. The van der Waals surface area contributed by atoms with E-state index in [9.17, 15) is 4.79 Å². The maximum Gasteiger partial charge on any atom is 0.277 e. The van der Waals surface area contributed by atoms with Gasteiger partial charge in [-0.05, 0) is 48.6 Å². The van der Waals surface area contributed by atoms with Gasteiger partial charge < -0.3 is 4.74 Å². The Kier molecular flexibility index (Phi) is 4.90. The van der Waals surface area contributed by atoms with Gasteiger partial charge in [-0.25, -0.2) is 5.43 Å². The second-order valence-corrected chi connectivity index (χ2v) is 5.32. The van der Waals surface area contributed by atoms with E-state index in [1.807, 2.05) is 49.6 Å². The van der Waals surface area contributed by atoms with Gasteiger partial charge in [-0.1, -0.05) is 12.1 Å². The Balaban J connectivity index is 1.78. The van der Waals surface area contributed by atoms with Crippen LogP contribution in [-0.4, -0.2) is 18.7 Å². The molecule has 1 aromatic carbocycles. The van der Waals surface area contributed by atoms with Crippen LogP contribution in [0.1, 0.15) is 16.0 Å². The van der Waals surface area contributed by atoms with Crippen LogP contribution >= 0.6 is 11.3 Å². The molecule has 0 aliphatic carbocycles. The zero-order valence-corrected chi connectivity index (χ0v) is 12.2. The third-order valence-corrected chi connectivity index (χ3v) is 3.58. The van der Waals surface area contributed by atoms with Crippen LogP contribution in [0.4, 0.5) is 0 Å². The highest BCUT2D eigenvalue weighted by Gasteiger charge is 2.02. The van der Waals surface area contributed by atoms with Crippen LogP contribution in [0.3, 0.4) is 0 Å². The number of hydrogen-bond donors (Lipinski definition) is 1. The Morgan fingerprint density at radius 1 is 1.35 bits per heavy atom. The highest BCUT2D eigenvalue weighted by atomic mass is 32.1. The van der Waals surface area contributed by atoms with Crippen LogP contribution in [0.5, 0.6) is 5.75 Å². The van der Waals surface area contributed by atoms with E-state index in [4.69, 9.17) is 4.74 Å². The predicted octanol–water partition coefficient (Wildman–Crippen LogP) is 2.89. The predicted molar refractivity (Wildman–Crippen MR) is 81.5 cm³/mol. The van der Waals surface area contributed by atoms with Crippen molar-refractivity contribution in [3.8, 4) is 5.75 Å². The minimum Gasteiger partial charge on any atom is -0.484 e. The number of hydrazone groups is 1. The van der Waals surface area contributed by atoms with Crippen molar-refractivity contribution >= 4 is 23.5 Å². The third-order valence-electron chi connectivity index (χ3n) is 2.77. The number of rotatable bonds is 5. The second kappa shape index (κ2) is 6.86. The van der Waals surface area contributed by atoms with Crippen LogP contribution < -0.4 is 10.2 Å². The van der Waals surface area contributed by atoms with Crippen molar-refractivity contribution in [1.82, 2.24) is 5.43 Å². The van der Waals surface area contributed by atoms with Crippen molar-refractivity contribution < 1.29 is 9.53 Å². The number of hydrogen-bond acceptors (Lipinski definition) is 4. The van der Waals surface area contributed by atoms with E-state index in [1.165, 1.54) is 5.56 Å². The number of ether oxygens (including phenoxy) is 1. The average molecular weight is 288 g/mol. The van der Waals surface area contributed by atoms with Gasteiger partial charge in [-0.15, -0.1) is 11.3 Å². The van der Waals surface area contributed by atoms with Crippen LogP contribution in [0.2, 0.25) is 0 Å². The van der Waals surface area contributed by atoms with Crippen molar-refractivity contribution in [3.63, 3.8) is 0 Å². The largest absolute Gasteiger partial charge is 0.484 e. The molecule has 0 fully saturated rings. The summed E-state index contributed by atoms with van der Waals surface area (Å²) >= 11 is 1.56. The summed E-state index contributed by atoms with van der Waals surface area (Å²) < 4.78 is 5.41. The lowest BCUT2D eigenvalue weighted by Gasteiger charge is -2.07. The molecule has 0 unspecified atom stereocenters. The molecular formula is C15H16N2O2S. The number of benzene rings is 1. The Hall–Kier alpha value is -2.14. The molecule has 5 heteroatoms. The Morgan fingerprint density at radius 2 is 2.20 bits per heavy atom. The maximum atomic E-state index is 11.6. The summed E-state index contributed by atoms with van der Waals surface area (Å²) in [5.74, 6) is 0.404. The Labute approximate surface area is 122 Å². The number of carbonyl (C=O) groups excluding carboxylic acids is 1. The van der Waals surface area contributed by atoms with Crippen molar-refractivity contribution in [1.29, 1.82) is 0 Å². The van der Waals surface area contributed by atoms with Crippen molar-refractivity contribution in [2.75, 3.05) is 6.61 Å². The van der Waals surface area contributed by atoms with Gasteiger partial charge in [0.1, 0.15) is 5.75 Å². The molecule has 2 aromatic rings. The van der Waals surface area contributed by atoms with Gasteiger partial charge in [-0.3, -0.25) is 4.79 Å². The first-order valence-electron chi connectivity index (χ1n) is 6.20. The van der Waals surface area contributed by atoms with E-state index in [0.29, 0.717) is 5.75 Å². The molecule has 1 N–H and O–H groups in total. The van der Waals surface area contributed by atoms with E-state index in [0.717, 1.165) is 10.4 Å². The number of aryl methyl sites for hydroxylation is 2. The standard InChI is InChI=1S/C15H16N2O2S/c1-11-5-6-13(8-12(11)2)19-10-15(18)17-16-9-14-4-3-7-20-14/h3-9H,10H2,1-2H3,(H,17,18). The molecule has 0 saturated heterocycles. The second-order valence-electron chi connectivity index (χ2n) is 4.34. The summed E-state index contributed by atoms with van der Waals surface area (Å²) in [5.41, 5.74) is 4.76. The lowest BCUT2D eigenvalue weighted by atomic mass is 10.1. The SMILES string of the molecule is Cc1ccc(OCC(=O)NN=Cc2cccs2)cc1C. The van der Waals surface area contributed by atoms with Crippen molar-refractivity contribution in [3.05, 3.63) is 51.7 Å². The molecule has 2 rings (SSSR count). The smallest absolute Gasteiger partial charge is 0.277 e. The van der Waals surface area contributed by atoms with E-state index in [-0.39, 0.29) is 12.5 Å². The molecule has 0 radical (unpaired) electrons. The molecule has 0 aliphatic heterocycles. The number of amides is 1. The number of nitrogens with one attached hydrogen (secondary N) is 1. The summed E-state index contributed by atoms with van der Waals surface area (Å²) in [4.78, 5) is 12.5. The number of carbonyl (C=O) groups is 1. The monoisotopic (exact) mass is 288 g/mol. The van der Waals surface area contributed by atoms with Crippen LogP contribution in [0, 0.1) is 13.8 Å². The molecule has 1 aromatic heterocycles. The molecule has 1 heterocycles. The molecule has 0 saturated carbocycles. The van der Waals surface area contributed by atoms with Crippen LogP contribution in [0.25, 0.3) is 0 Å². The minimum atomic E-state index is -0.281. The molecule has 0 aliphatic rings. The summed E-state index contributed by atoms with van der Waals surface area (Å²) in [6, 6.07) is 9.59. The normalized spacial score (nSPS) is 10.7. The van der Waals surface area contributed by atoms with E-state index < -0.39 is 0 Å². The first-order valence-corrected chi connectivity index (χ1v) is 7.08. The first-order chi connectivity index (χ1) is 9.65. The molecule has 1 amide bonds. The van der Waals surface area contributed by atoms with Gasteiger partial charge in [0.25, 0.3) is 5.91 Å². The molecule has 0 bridgehead atoms. The van der Waals surface area contributed by atoms with E-state index in [2.05, 4.69) is 10.5 Å². The summed E-state index contributed by atoms with van der Waals surface area (Å²) in [6.45, 7) is 3.99. The highest BCUT2D eigenvalue weighted by molar-refractivity contribution is 7.11. The zero-order valence-electron chi connectivity index (χ0n) is 11.4. The van der Waals surface area contributed by atoms with E-state index in [1.54, 1.807) is 17.6 Å². The lowest BCUT2D eigenvalue weighted by Crippen LogP contribution is -2.24. The Bertz CT molecular complexity index is 606. The lowest BCUT2D eigenvalue weighted by molar-refractivity contribution is -0.123. The fourth-order valence-corrected chi connectivity index (χ4v) is 2.10. The summed E-state index contributed by atoms with van der Waals surface area (Å²) in [5, 5.41) is 5.81. The van der Waals surface area contributed by atoms with Gasteiger partial charge >= 0.3 is 0 Å². The fourth-order valence-electron chi connectivity index (χ4n) is 1.52. The van der Waals surface area contributed by atoms with Gasteiger partial charge in [0.15, 0.2) is 6.61 Å². The van der Waals surface area contributed by atoms with Crippen LogP contribution in [-0.2, 0) is 4.79 Å². The van der Waals surface area contributed by atoms with Gasteiger partial charge in [0.2, 0.25) is 0 Å². The van der Waals surface area contributed by atoms with E-state index >= 15 is 0 Å². The fraction of sp³-hybridized carbons (Fsp3) is 0.200. The third kappa shape index (κ3) is 4.20. The first kappa shape index (κ1) is 14.3. The molecule has 0 spiro atoms. The number of thiophene rings is 1. The average Bonchev–Trinajstić information content (AvgIpc) is 2.93. The zero-order chi connectivity index (χ0) is 14.4. The van der Waals surface area contributed by atoms with Gasteiger partial charge in [-0.2, -0.15) is 5.10 Å². The number of nitrogens with zero attached hydrogens (tertiary/aromatic N) is 1. The van der Waals surface area contributed by atoms with Gasteiger partial charge in [0.05, 0.1) is 6.21 Å². The maximum absolute atomic E-state index is 11.6. The van der Waals surface area contributed by atoms with Crippen molar-refractivity contribution in [2.45, 2.75) is 13.8 Å². The topological polar surface area (TPSA) is 50.7 Å². The van der Waals surface area contributed by atoms with Crippen LogP contribution in [0.15, 0.2) is 40.8 Å². The highest BCUT2D eigenvalue weighted by Crippen LogP contribution is 2.16. The minimum absolute atomic E-state index is 0.0513. The quantitative estimate of drug-likeness (QED) is 0.679. The summed E-state index contributed by atoms with van der Waals surface area (Å²) in [7, 11) is 0. The Morgan fingerprint density at radius 3 is 2.90 bits per heavy atom.